The molecule has 118 valence electrons. The molecule has 1 N–H and O–H groups in total. The Kier molecular flexibility index (Phi) is 4.40. The summed E-state index contributed by atoms with van der Waals surface area (Å²) in [6.07, 6.45) is -13.5. The zero-order chi connectivity index (χ0) is 16.6. The van der Waals surface area contributed by atoms with Crippen molar-refractivity contribution in [2.45, 2.75) is 25.7 Å². The molecule has 0 atom stereocenters. The van der Waals surface area contributed by atoms with Crippen LogP contribution in [-0.2, 0) is 0 Å². The number of aromatic hydroxyl groups is 1. The summed E-state index contributed by atoms with van der Waals surface area (Å²) in [4.78, 5) is 22.8. The van der Waals surface area contributed by atoms with Gasteiger partial charge in [0.1, 0.15) is 17.1 Å². The third kappa shape index (κ3) is 3.99. The van der Waals surface area contributed by atoms with Crippen LogP contribution in [0.5, 0.6) is 5.75 Å². The van der Waals surface area contributed by atoms with Gasteiger partial charge >= 0.3 is 18.0 Å². The van der Waals surface area contributed by atoms with Gasteiger partial charge in [0.05, 0.1) is 0 Å². The van der Waals surface area contributed by atoms with Crippen LogP contribution in [0.25, 0.3) is 0 Å². The Bertz CT molecular complexity index is 584. The van der Waals surface area contributed by atoms with Crippen molar-refractivity contribution >= 4 is 5.78 Å². The van der Waals surface area contributed by atoms with E-state index >= 15 is 0 Å². The van der Waals surface area contributed by atoms with Gasteiger partial charge in [0.15, 0.2) is 11.7 Å². The normalized spacial score (nSPS) is 12.8. The summed E-state index contributed by atoms with van der Waals surface area (Å²) in [6.45, 7) is 1.20. The van der Waals surface area contributed by atoms with E-state index < -0.39 is 47.4 Å². The van der Waals surface area contributed by atoms with Crippen molar-refractivity contribution in [1.29, 1.82) is 0 Å². The summed E-state index contributed by atoms with van der Waals surface area (Å²) < 4.78 is 78.3. The third-order valence-electron chi connectivity index (χ3n) is 2.51. The Morgan fingerprint density at radius 2 is 1.71 bits per heavy atom. The molecule has 0 unspecified atom stereocenters. The summed E-state index contributed by atoms with van der Waals surface area (Å²) in [5.41, 5.74) is -2.74. The molecule has 0 fully saturated rings. The molecule has 4 nitrogen and oxygen atoms in total. The average molecular weight is 318 g/mol. The second-order valence-corrected chi connectivity index (χ2v) is 4.17. The van der Waals surface area contributed by atoms with Crippen LogP contribution in [0.3, 0.4) is 0 Å². The van der Waals surface area contributed by atoms with Crippen molar-refractivity contribution in [2.24, 2.45) is 5.92 Å². The first-order valence-corrected chi connectivity index (χ1v) is 5.34. The first kappa shape index (κ1) is 17.1. The summed E-state index contributed by atoms with van der Waals surface area (Å²) in [6, 6.07) is 0.741. The number of halogens is 6. The highest BCUT2D eigenvalue weighted by Gasteiger charge is 2.57. The summed E-state index contributed by atoms with van der Waals surface area (Å²) >= 11 is 0. The van der Waals surface area contributed by atoms with Crippen LogP contribution in [0.2, 0.25) is 0 Å². The number of ketones is 1. The molecule has 0 aliphatic rings. The fourth-order valence-electron chi connectivity index (χ4n) is 1.56. The van der Waals surface area contributed by atoms with E-state index in [1.807, 2.05) is 0 Å². The fraction of sp³-hybridized carbons (Fsp3) is 0.455. The number of alkyl halides is 6. The van der Waals surface area contributed by atoms with Crippen molar-refractivity contribution in [3.05, 3.63) is 27.8 Å². The smallest absolute Gasteiger partial charge is 0.400 e. The standard InChI is InChI=1S/C11H8F6O4/c1-4-2-5(18)8(9(20)21-4)6(19)3-7(10(12,13)14)11(15,16)17/h2,7,18H,3H2,1H3. The number of Topliss-reactive ketones (excluding diaryl/α,β-unsaturated/α-hetero) is 1. The Morgan fingerprint density at radius 1 is 1.24 bits per heavy atom. The van der Waals surface area contributed by atoms with E-state index in [2.05, 4.69) is 4.42 Å². The van der Waals surface area contributed by atoms with E-state index in [-0.39, 0.29) is 5.76 Å². The van der Waals surface area contributed by atoms with E-state index in [9.17, 15) is 41.0 Å². The molecule has 0 saturated carbocycles. The zero-order valence-corrected chi connectivity index (χ0v) is 10.3. The lowest BCUT2D eigenvalue weighted by atomic mass is 9.97. The largest absolute Gasteiger partial charge is 0.507 e. The number of hydrogen-bond donors (Lipinski definition) is 1. The minimum Gasteiger partial charge on any atom is -0.507 e. The minimum absolute atomic E-state index is 0.155. The molecular formula is C11H8F6O4. The van der Waals surface area contributed by atoms with Gasteiger partial charge in [0.25, 0.3) is 0 Å². The van der Waals surface area contributed by atoms with Crippen molar-refractivity contribution in [3.8, 4) is 5.75 Å². The maximum Gasteiger partial charge on any atom is 0.400 e. The molecule has 0 aliphatic heterocycles. The second-order valence-electron chi connectivity index (χ2n) is 4.17. The van der Waals surface area contributed by atoms with Crippen LogP contribution in [0.1, 0.15) is 22.5 Å². The maximum absolute atomic E-state index is 12.3. The lowest BCUT2D eigenvalue weighted by Crippen LogP contribution is -2.38. The van der Waals surface area contributed by atoms with Gasteiger partial charge in [-0.2, -0.15) is 26.3 Å². The Balaban J connectivity index is 3.19. The predicted molar refractivity (Wildman–Crippen MR) is 55.9 cm³/mol. The quantitative estimate of drug-likeness (QED) is 0.687. The molecule has 1 heterocycles. The van der Waals surface area contributed by atoms with Crippen LogP contribution < -0.4 is 5.63 Å². The van der Waals surface area contributed by atoms with Crippen molar-refractivity contribution in [2.75, 3.05) is 0 Å². The molecular weight excluding hydrogens is 310 g/mol. The van der Waals surface area contributed by atoms with Crippen molar-refractivity contribution in [1.82, 2.24) is 0 Å². The summed E-state index contributed by atoms with van der Waals surface area (Å²) in [5.74, 6) is -6.92. The van der Waals surface area contributed by atoms with Gasteiger partial charge in [0, 0.05) is 12.5 Å². The number of aryl methyl sites for hydroxylation is 1. The van der Waals surface area contributed by atoms with Crippen molar-refractivity contribution < 1.29 is 40.7 Å². The van der Waals surface area contributed by atoms with Gasteiger partial charge < -0.3 is 9.52 Å². The number of carbonyl (C=O) groups is 1. The lowest BCUT2D eigenvalue weighted by molar-refractivity contribution is -0.282. The SMILES string of the molecule is Cc1cc(O)c(C(=O)CC(C(F)(F)F)C(F)(F)F)c(=O)o1. The summed E-state index contributed by atoms with van der Waals surface area (Å²) in [5, 5.41) is 9.32. The molecule has 0 aliphatic carbocycles. The molecule has 0 radical (unpaired) electrons. The van der Waals surface area contributed by atoms with E-state index in [1.54, 1.807) is 0 Å². The van der Waals surface area contributed by atoms with Gasteiger partial charge in [-0.05, 0) is 6.92 Å². The highest BCUT2D eigenvalue weighted by atomic mass is 19.4. The van der Waals surface area contributed by atoms with Crippen LogP contribution in [0.15, 0.2) is 15.3 Å². The molecule has 0 bridgehead atoms. The average Bonchev–Trinajstić information content (AvgIpc) is 2.21. The van der Waals surface area contributed by atoms with Crippen LogP contribution in [-0.4, -0.2) is 23.2 Å². The second kappa shape index (κ2) is 5.41. The highest BCUT2D eigenvalue weighted by molar-refractivity contribution is 5.98. The molecule has 0 aromatic carbocycles. The predicted octanol–water partition coefficient (Wildman–Crippen LogP) is 2.97. The molecule has 1 aromatic rings. The van der Waals surface area contributed by atoms with Crippen LogP contribution >= 0.6 is 0 Å². The Hall–Kier alpha value is -2.00. The highest BCUT2D eigenvalue weighted by Crippen LogP contribution is 2.42. The fourth-order valence-corrected chi connectivity index (χ4v) is 1.56. The monoisotopic (exact) mass is 318 g/mol. The zero-order valence-electron chi connectivity index (χ0n) is 10.3. The molecule has 1 rings (SSSR count). The molecule has 0 amide bonds. The number of carbonyl (C=O) groups excluding carboxylic acids is 1. The molecule has 21 heavy (non-hydrogen) atoms. The molecule has 1 aromatic heterocycles. The van der Waals surface area contributed by atoms with Gasteiger partial charge in [-0.3, -0.25) is 4.79 Å². The Morgan fingerprint density at radius 3 is 2.10 bits per heavy atom. The molecule has 10 heteroatoms. The lowest BCUT2D eigenvalue weighted by Gasteiger charge is -2.22. The van der Waals surface area contributed by atoms with E-state index in [1.165, 1.54) is 6.92 Å². The van der Waals surface area contributed by atoms with Crippen LogP contribution in [0.4, 0.5) is 26.3 Å². The van der Waals surface area contributed by atoms with Crippen molar-refractivity contribution in [3.63, 3.8) is 0 Å². The van der Waals surface area contributed by atoms with E-state index in [4.69, 9.17) is 0 Å². The number of rotatable bonds is 3. The maximum atomic E-state index is 12.3. The minimum atomic E-state index is -5.71. The first-order chi connectivity index (χ1) is 9.34. The van der Waals surface area contributed by atoms with Gasteiger partial charge in [-0.25, -0.2) is 4.79 Å². The number of hydrogen-bond acceptors (Lipinski definition) is 4. The Labute approximate surface area is 113 Å². The molecule has 0 saturated heterocycles. The van der Waals surface area contributed by atoms with Gasteiger partial charge in [-0.1, -0.05) is 0 Å². The van der Waals surface area contributed by atoms with E-state index in [0.29, 0.717) is 0 Å². The van der Waals surface area contributed by atoms with E-state index in [0.717, 1.165) is 6.07 Å². The van der Waals surface area contributed by atoms with Gasteiger partial charge in [-0.15, -0.1) is 0 Å². The molecule has 0 spiro atoms. The summed E-state index contributed by atoms with van der Waals surface area (Å²) in [7, 11) is 0. The van der Waals surface area contributed by atoms with Crippen LogP contribution in [0, 0.1) is 12.8 Å². The first-order valence-electron chi connectivity index (χ1n) is 5.34. The topological polar surface area (TPSA) is 67.5 Å². The van der Waals surface area contributed by atoms with Gasteiger partial charge in [0.2, 0.25) is 0 Å². The third-order valence-corrected chi connectivity index (χ3v) is 2.51.